The van der Waals surface area contributed by atoms with E-state index in [0.29, 0.717) is 5.92 Å². The monoisotopic (exact) mass is 724 g/mol. The Bertz CT molecular complexity index is 1810. The molecular formula is C43H48Cl2Zr. The van der Waals surface area contributed by atoms with Gasteiger partial charge in [-0.15, -0.1) is 0 Å². The zero-order chi connectivity index (χ0) is 31.6. The van der Waals surface area contributed by atoms with Gasteiger partial charge in [-0.3, -0.25) is 0 Å². The molecule has 6 rings (SSSR count). The van der Waals surface area contributed by atoms with Crippen molar-refractivity contribution in [1.82, 2.24) is 0 Å². The van der Waals surface area contributed by atoms with Gasteiger partial charge in [0, 0.05) is 0 Å². The maximum Gasteiger partial charge on any atom is -1.00 e. The van der Waals surface area contributed by atoms with Crippen LogP contribution >= 0.6 is 0 Å². The topological polar surface area (TPSA) is 0 Å². The van der Waals surface area contributed by atoms with E-state index in [1.807, 2.05) is 0 Å². The molecule has 46 heavy (non-hydrogen) atoms. The summed E-state index contributed by atoms with van der Waals surface area (Å²) < 4.78 is 5.02. The van der Waals surface area contributed by atoms with E-state index >= 15 is 0 Å². The smallest absolute Gasteiger partial charge is 1.00 e. The van der Waals surface area contributed by atoms with E-state index in [1.54, 1.807) is 20.9 Å². The Kier molecular flexibility index (Phi) is 10.9. The van der Waals surface area contributed by atoms with Crippen molar-refractivity contribution in [1.29, 1.82) is 0 Å². The standard InChI is InChI=1S/C21H25.C15H14.C7H9.2ClH.Zr/c1-20(2,3)16-7-9-18-14(12-16)11-15-13-17(21(4,5)6)8-10-19(15)18;1-12-3-7-14(8-4-12)11-15-9-5-13(2)6-10-15;1-6-3-4-7(2)5-6;;;/h7-10,12H,11H2,1-6H3;3-10H,1-2H3;3,5,7H,1-2H3;2*1H;/q;;;;;+2/p-2. The van der Waals surface area contributed by atoms with Gasteiger partial charge in [0.15, 0.2) is 0 Å². The third-order valence-corrected chi connectivity index (χ3v) is 17.8. The normalized spacial score (nSPS) is 15.0. The van der Waals surface area contributed by atoms with Gasteiger partial charge in [0.05, 0.1) is 0 Å². The molecule has 0 nitrogen and oxygen atoms in total. The molecule has 0 N–H and O–H groups in total. The van der Waals surface area contributed by atoms with Crippen LogP contribution in [0.25, 0.3) is 11.1 Å². The summed E-state index contributed by atoms with van der Waals surface area (Å²) in [4.78, 5) is 0. The molecule has 0 aliphatic heterocycles. The number of halogens is 2. The predicted molar refractivity (Wildman–Crippen MR) is 188 cm³/mol. The van der Waals surface area contributed by atoms with Gasteiger partial charge >= 0.3 is 276 Å². The van der Waals surface area contributed by atoms with Crippen LogP contribution in [0.2, 0.25) is 0 Å². The van der Waals surface area contributed by atoms with Gasteiger partial charge in [-0.05, 0) is 0 Å². The molecule has 2 aliphatic carbocycles. The van der Waals surface area contributed by atoms with Gasteiger partial charge in [0.1, 0.15) is 0 Å². The zero-order valence-corrected chi connectivity index (χ0v) is 33.2. The molecule has 0 radical (unpaired) electrons. The maximum atomic E-state index is 2.58. The molecular weight excluding hydrogens is 679 g/mol. The average Bonchev–Trinajstić information content (AvgIpc) is 3.49. The fourth-order valence-electron chi connectivity index (χ4n) is 7.17. The number of allylic oxidation sites excluding steroid dienone is 4. The minimum absolute atomic E-state index is 0. The molecule has 0 aromatic heterocycles. The Morgan fingerprint density at radius 1 is 0.674 bits per heavy atom. The van der Waals surface area contributed by atoms with Crippen LogP contribution in [0.1, 0.15) is 99.9 Å². The van der Waals surface area contributed by atoms with Crippen LogP contribution in [0, 0.1) is 19.8 Å². The van der Waals surface area contributed by atoms with Gasteiger partial charge in [-0.2, -0.15) is 0 Å². The first-order chi connectivity index (χ1) is 20.7. The third kappa shape index (κ3) is 6.95. The van der Waals surface area contributed by atoms with E-state index in [2.05, 4.69) is 160 Å². The van der Waals surface area contributed by atoms with Crippen LogP contribution < -0.4 is 28.1 Å². The van der Waals surface area contributed by atoms with Crippen LogP contribution in [0.5, 0.6) is 0 Å². The summed E-state index contributed by atoms with van der Waals surface area (Å²) in [6.07, 6.45) is 6.11. The van der Waals surface area contributed by atoms with Crippen molar-refractivity contribution in [3.05, 3.63) is 144 Å². The molecule has 3 heteroatoms. The fourth-order valence-corrected chi connectivity index (χ4v) is 16.8. The summed E-state index contributed by atoms with van der Waals surface area (Å²) in [6.45, 7) is 23.4. The second-order valence-electron chi connectivity index (χ2n) is 15.3. The molecule has 0 fully saturated rings. The van der Waals surface area contributed by atoms with Gasteiger partial charge in [-0.25, -0.2) is 0 Å². The number of rotatable bonds is 4. The van der Waals surface area contributed by atoms with Gasteiger partial charge in [0.2, 0.25) is 0 Å². The van der Waals surface area contributed by atoms with Crippen LogP contribution in [0.15, 0.2) is 99.9 Å². The van der Waals surface area contributed by atoms with Crippen molar-refractivity contribution in [2.45, 2.75) is 86.5 Å². The van der Waals surface area contributed by atoms with Crippen molar-refractivity contribution < 1.29 is 46.1 Å². The van der Waals surface area contributed by atoms with Gasteiger partial charge in [0.25, 0.3) is 0 Å². The minimum Gasteiger partial charge on any atom is -1.00 e. The van der Waals surface area contributed by atoms with Crippen LogP contribution in [-0.2, 0) is 38.5 Å². The van der Waals surface area contributed by atoms with E-state index in [0.717, 1.165) is 6.42 Å². The Morgan fingerprint density at radius 2 is 1.22 bits per heavy atom. The first kappa shape index (κ1) is 36.5. The van der Waals surface area contributed by atoms with Crippen LogP contribution in [0.3, 0.4) is 0 Å². The zero-order valence-electron chi connectivity index (χ0n) is 29.2. The molecule has 0 spiro atoms. The minimum atomic E-state index is -2.85. The largest absolute Gasteiger partial charge is 1.00 e. The second-order valence-corrected chi connectivity index (χ2v) is 21.1. The Morgan fingerprint density at radius 3 is 1.70 bits per heavy atom. The number of benzene rings is 4. The molecule has 1 unspecified atom stereocenters. The first-order valence-electron chi connectivity index (χ1n) is 16.3. The molecule has 0 bridgehead atoms. The molecule has 0 saturated carbocycles. The molecule has 0 saturated heterocycles. The Labute approximate surface area is 298 Å². The second kappa shape index (κ2) is 13.7. The molecule has 0 amide bonds. The van der Waals surface area contributed by atoms with E-state index in [-0.39, 0.29) is 35.6 Å². The number of hydrogen-bond donors (Lipinski definition) is 0. The third-order valence-electron chi connectivity index (χ3n) is 9.61. The number of fused-ring (bicyclic) bond motifs is 3. The Balaban J connectivity index is 0.00000240. The number of aryl methyl sites for hydroxylation is 2. The average molecular weight is 727 g/mol. The van der Waals surface area contributed by atoms with Gasteiger partial charge in [-0.1, -0.05) is 0 Å². The molecule has 4 aromatic rings. The number of hydrogen-bond acceptors (Lipinski definition) is 0. The fraction of sp³-hybridized carbons (Fsp3) is 0.326. The molecule has 1 atom stereocenters. The van der Waals surface area contributed by atoms with Crippen molar-refractivity contribution in [2.75, 3.05) is 0 Å². The Hall–Kier alpha value is -2.31. The van der Waals surface area contributed by atoms with Crippen molar-refractivity contribution in [3.8, 4) is 11.1 Å². The predicted octanol–water partition coefficient (Wildman–Crippen LogP) is 4.47. The summed E-state index contributed by atoms with van der Waals surface area (Å²) >= 11 is -2.85. The van der Waals surface area contributed by atoms with E-state index in [9.17, 15) is 0 Å². The quantitative estimate of drug-likeness (QED) is 0.257. The van der Waals surface area contributed by atoms with E-state index in [4.69, 9.17) is 0 Å². The van der Waals surface area contributed by atoms with Gasteiger partial charge < -0.3 is 24.8 Å². The van der Waals surface area contributed by atoms with E-state index < -0.39 is 21.3 Å². The molecule has 238 valence electrons. The molecule has 0 heterocycles. The summed E-state index contributed by atoms with van der Waals surface area (Å²) in [7, 11) is 0. The van der Waals surface area contributed by atoms with Crippen LogP contribution in [0.4, 0.5) is 0 Å². The van der Waals surface area contributed by atoms with E-state index in [1.165, 1.54) is 50.1 Å². The summed E-state index contributed by atoms with van der Waals surface area (Å²) in [6, 6.07) is 31.1. The molecule has 2 aliphatic rings. The van der Waals surface area contributed by atoms with Crippen LogP contribution in [-0.4, -0.2) is 3.21 Å². The van der Waals surface area contributed by atoms with Crippen molar-refractivity contribution in [2.24, 2.45) is 5.92 Å². The summed E-state index contributed by atoms with van der Waals surface area (Å²) in [5.74, 6) is 0.454. The summed E-state index contributed by atoms with van der Waals surface area (Å²) in [5, 5.41) is 0. The van der Waals surface area contributed by atoms with Crippen molar-refractivity contribution in [3.63, 3.8) is 0 Å². The SMILES string of the molecule is CC1=CC(C)[C]([Zr+2](=[C](c2ccc(C)cc2)c2ccc(C)cc2)[c]2c(C(C)(C)C)ccc3c2Cc2cc(C(C)(C)C)ccc2-3)=C1.[Cl-].[Cl-]. The summed E-state index contributed by atoms with van der Waals surface area (Å²) in [5.41, 5.74) is 16.0. The van der Waals surface area contributed by atoms with Crippen molar-refractivity contribution >= 4 is 6.48 Å². The maximum absolute atomic E-state index is 2.85. The molecule has 4 aromatic carbocycles. The first-order valence-corrected chi connectivity index (χ1v) is 20.0.